The van der Waals surface area contributed by atoms with Crippen LogP contribution in [0, 0.1) is 0 Å². The van der Waals surface area contributed by atoms with Gasteiger partial charge in [-0.05, 0) is 24.1 Å². The van der Waals surface area contributed by atoms with Gasteiger partial charge in [-0.15, -0.1) is 0 Å². The lowest BCUT2D eigenvalue weighted by atomic mass is 10.0. The van der Waals surface area contributed by atoms with Gasteiger partial charge in [0.25, 0.3) is 0 Å². The summed E-state index contributed by atoms with van der Waals surface area (Å²) in [5.41, 5.74) is 0.844. The monoisotopic (exact) mass is 271 g/mol. The molecule has 0 aliphatic carbocycles. The van der Waals surface area contributed by atoms with Crippen LogP contribution in [-0.2, 0) is 10.0 Å². The third-order valence-corrected chi connectivity index (χ3v) is 4.39. The number of aliphatic hydroxyl groups excluding tert-OH is 1. The van der Waals surface area contributed by atoms with Gasteiger partial charge < -0.3 is 9.84 Å². The molecule has 1 aliphatic heterocycles. The van der Waals surface area contributed by atoms with E-state index in [1.165, 1.54) is 4.31 Å². The molecule has 6 heteroatoms. The van der Waals surface area contributed by atoms with Crippen LogP contribution in [0.4, 0.5) is 0 Å². The van der Waals surface area contributed by atoms with Crippen LogP contribution in [0.2, 0.25) is 0 Å². The number of β-amino-alcohol motifs (C(OH)–C–C–N with tert-alkyl or cyclic N) is 1. The molecule has 2 atom stereocenters. The first-order valence-electron chi connectivity index (χ1n) is 5.70. The highest BCUT2D eigenvalue weighted by molar-refractivity contribution is 7.88. The van der Waals surface area contributed by atoms with Crippen molar-refractivity contribution in [1.82, 2.24) is 4.31 Å². The average Bonchev–Trinajstić information content (AvgIpc) is 2.71. The van der Waals surface area contributed by atoms with E-state index in [0.717, 1.165) is 11.8 Å². The van der Waals surface area contributed by atoms with Crippen LogP contribution in [0.1, 0.15) is 18.0 Å². The molecule has 1 aliphatic rings. The second-order valence-corrected chi connectivity index (χ2v) is 6.45. The molecule has 1 heterocycles. The molecule has 5 nitrogen and oxygen atoms in total. The molecule has 18 heavy (non-hydrogen) atoms. The minimum atomic E-state index is -3.32. The molecular weight excluding hydrogens is 254 g/mol. The summed E-state index contributed by atoms with van der Waals surface area (Å²) in [6.07, 6.45) is 0.967. The van der Waals surface area contributed by atoms with E-state index in [2.05, 4.69) is 0 Å². The van der Waals surface area contributed by atoms with E-state index in [9.17, 15) is 13.5 Å². The molecular formula is C12H17NO4S. The Hall–Kier alpha value is -1.11. The van der Waals surface area contributed by atoms with Crippen molar-refractivity contribution < 1.29 is 18.3 Å². The van der Waals surface area contributed by atoms with Crippen LogP contribution in [0.5, 0.6) is 5.75 Å². The minimum Gasteiger partial charge on any atom is -0.497 e. The molecule has 0 amide bonds. The second kappa shape index (κ2) is 4.87. The number of hydrogen-bond donors (Lipinski definition) is 1. The van der Waals surface area contributed by atoms with Crippen molar-refractivity contribution in [2.75, 3.05) is 19.9 Å². The zero-order valence-electron chi connectivity index (χ0n) is 10.4. The van der Waals surface area contributed by atoms with Crippen molar-refractivity contribution >= 4 is 10.0 Å². The zero-order chi connectivity index (χ0) is 13.3. The minimum absolute atomic E-state index is 0.153. The Morgan fingerprint density at radius 1 is 1.44 bits per heavy atom. The van der Waals surface area contributed by atoms with Crippen LogP contribution in [0.3, 0.4) is 0 Å². The van der Waals surface area contributed by atoms with Crippen molar-refractivity contribution in [3.05, 3.63) is 29.8 Å². The van der Waals surface area contributed by atoms with Gasteiger partial charge in [0.05, 0.1) is 25.5 Å². The van der Waals surface area contributed by atoms with Gasteiger partial charge in [-0.1, -0.05) is 12.1 Å². The largest absolute Gasteiger partial charge is 0.497 e. The van der Waals surface area contributed by atoms with Crippen LogP contribution >= 0.6 is 0 Å². The molecule has 2 rings (SSSR count). The topological polar surface area (TPSA) is 66.8 Å². The maximum absolute atomic E-state index is 11.7. The van der Waals surface area contributed by atoms with Gasteiger partial charge in [-0.2, -0.15) is 4.31 Å². The van der Waals surface area contributed by atoms with E-state index in [1.54, 1.807) is 19.2 Å². The van der Waals surface area contributed by atoms with Crippen molar-refractivity contribution in [3.8, 4) is 5.75 Å². The first kappa shape index (κ1) is 13.3. The summed E-state index contributed by atoms with van der Waals surface area (Å²) in [6.45, 7) is 0.153. The fraction of sp³-hybridized carbons (Fsp3) is 0.500. The third kappa shape index (κ3) is 2.66. The van der Waals surface area contributed by atoms with E-state index >= 15 is 0 Å². The summed E-state index contributed by atoms with van der Waals surface area (Å²) >= 11 is 0. The summed E-state index contributed by atoms with van der Waals surface area (Å²) in [6, 6.07) is 6.97. The predicted octanol–water partition coefficient (Wildman–Crippen LogP) is 0.763. The summed E-state index contributed by atoms with van der Waals surface area (Å²) in [5.74, 6) is 0.683. The first-order valence-corrected chi connectivity index (χ1v) is 7.55. The Bertz CT molecular complexity index is 529. The quantitative estimate of drug-likeness (QED) is 0.881. The normalized spacial score (nSPS) is 25.3. The first-order chi connectivity index (χ1) is 8.41. The predicted molar refractivity (Wildman–Crippen MR) is 67.9 cm³/mol. The van der Waals surface area contributed by atoms with Crippen molar-refractivity contribution in [3.63, 3.8) is 0 Å². The number of hydrogen-bond acceptors (Lipinski definition) is 4. The fourth-order valence-electron chi connectivity index (χ4n) is 2.30. The molecule has 0 radical (unpaired) electrons. The fourth-order valence-corrected chi connectivity index (χ4v) is 3.42. The van der Waals surface area contributed by atoms with Gasteiger partial charge in [0, 0.05) is 6.54 Å². The van der Waals surface area contributed by atoms with E-state index in [0.29, 0.717) is 12.2 Å². The van der Waals surface area contributed by atoms with E-state index < -0.39 is 16.1 Å². The molecule has 100 valence electrons. The lowest BCUT2D eigenvalue weighted by Crippen LogP contribution is -2.30. The molecule has 1 fully saturated rings. The number of rotatable bonds is 3. The molecule has 0 saturated carbocycles. The van der Waals surface area contributed by atoms with E-state index in [4.69, 9.17) is 4.74 Å². The highest BCUT2D eigenvalue weighted by atomic mass is 32.2. The molecule has 1 aromatic carbocycles. The summed E-state index contributed by atoms with van der Waals surface area (Å²) in [7, 11) is -1.75. The highest BCUT2D eigenvalue weighted by Crippen LogP contribution is 2.35. The lowest BCUT2D eigenvalue weighted by Gasteiger charge is -2.22. The van der Waals surface area contributed by atoms with Gasteiger partial charge in [-0.3, -0.25) is 0 Å². The zero-order valence-corrected chi connectivity index (χ0v) is 11.2. The summed E-state index contributed by atoms with van der Waals surface area (Å²) < 4.78 is 29.9. The van der Waals surface area contributed by atoms with Gasteiger partial charge in [-0.25, -0.2) is 8.42 Å². The van der Waals surface area contributed by atoms with Gasteiger partial charge in [0.2, 0.25) is 10.0 Å². The molecule has 0 bridgehead atoms. The number of benzene rings is 1. The Balaban J connectivity index is 2.35. The van der Waals surface area contributed by atoms with Crippen LogP contribution in [0.25, 0.3) is 0 Å². The lowest BCUT2D eigenvalue weighted by molar-refractivity contribution is 0.188. The number of aliphatic hydroxyl groups is 1. The van der Waals surface area contributed by atoms with Crippen molar-refractivity contribution in [2.45, 2.75) is 18.6 Å². The van der Waals surface area contributed by atoms with Crippen molar-refractivity contribution in [1.29, 1.82) is 0 Å². The maximum atomic E-state index is 11.7. The highest BCUT2D eigenvalue weighted by Gasteiger charge is 2.37. The van der Waals surface area contributed by atoms with Gasteiger partial charge >= 0.3 is 0 Å². The van der Waals surface area contributed by atoms with Gasteiger partial charge in [0.1, 0.15) is 5.75 Å². The summed E-state index contributed by atoms with van der Waals surface area (Å²) in [5, 5.41) is 9.68. The maximum Gasteiger partial charge on any atom is 0.211 e. The molecule has 0 unspecified atom stereocenters. The Labute approximate surface area is 107 Å². The summed E-state index contributed by atoms with van der Waals surface area (Å²) in [4.78, 5) is 0. The standard InChI is InChI=1S/C12H17NO4S/c1-17-11-5-3-4-9(6-11)12-7-10(14)8-13(12)18(2,15)16/h3-6,10,12,14H,7-8H2,1-2H3/t10-,12-/m0/s1. The third-order valence-electron chi connectivity index (χ3n) is 3.14. The second-order valence-electron chi connectivity index (χ2n) is 4.51. The molecule has 0 aromatic heterocycles. The molecule has 1 saturated heterocycles. The SMILES string of the molecule is COc1cccc([C@@H]2C[C@H](O)CN2S(C)(=O)=O)c1. The number of ether oxygens (including phenoxy) is 1. The molecule has 0 spiro atoms. The number of sulfonamides is 1. The Morgan fingerprint density at radius 2 is 2.17 bits per heavy atom. The van der Waals surface area contributed by atoms with Crippen LogP contribution in [0.15, 0.2) is 24.3 Å². The van der Waals surface area contributed by atoms with Crippen LogP contribution in [-0.4, -0.2) is 43.8 Å². The molecule has 1 aromatic rings. The van der Waals surface area contributed by atoms with Crippen LogP contribution < -0.4 is 4.74 Å². The Kier molecular flexibility index (Phi) is 3.61. The molecule has 1 N–H and O–H groups in total. The smallest absolute Gasteiger partial charge is 0.211 e. The van der Waals surface area contributed by atoms with Gasteiger partial charge in [0.15, 0.2) is 0 Å². The number of nitrogens with zero attached hydrogens (tertiary/aromatic N) is 1. The van der Waals surface area contributed by atoms with Crippen molar-refractivity contribution in [2.24, 2.45) is 0 Å². The Morgan fingerprint density at radius 3 is 2.78 bits per heavy atom. The number of methoxy groups -OCH3 is 1. The van der Waals surface area contributed by atoms with E-state index in [1.807, 2.05) is 12.1 Å². The average molecular weight is 271 g/mol. The van der Waals surface area contributed by atoms with E-state index in [-0.39, 0.29) is 12.6 Å².